The summed E-state index contributed by atoms with van der Waals surface area (Å²) in [5, 5.41) is 17.0. The van der Waals surface area contributed by atoms with Gasteiger partial charge in [-0.25, -0.2) is 4.39 Å². The largest absolute Gasteiger partial charge is 0.393 e. The molecule has 1 saturated carbocycles. The third-order valence-electron chi connectivity index (χ3n) is 1.97. The van der Waals surface area contributed by atoms with Gasteiger partial charge in [0.1, 0.15) is 5.67 Å². The van der Waals surface area contributed by atoms with Crippen molar-refractivity contribution in [2.75, 3.05) is 6.61 Å². The minimum Gasteiger partial charge on any atom is -0.393 e. The van der Waals surface area contributed by atoms with Gasteiger partial charge in [0.15, 0.2) is 0 Å². The Morgan fingerprint density at radius 2 is 2.20 bits per heavy atom. The van der Waals surface area contributed by atoms with Gasteiger partial charge in [0.05, 0.1) is 18.1 Å². The molecule has 0 amide bonds. The predicted octanol–water partition coefficient (Wildman–Crippen LogP) is 1.01. The summed E-state index contributed by atoms with van der Waals surface area (Å²) >= 11 is 0. The topological polar surface area (TPSA) is 44.0 Å². The summed E-state index contributed by atoms with van der Waals surface area (Å²) in [4.78, 5) is 0. The smallest absolute Gasteiger partial charge is 0.137 e. The first kappa shape index (κ1) is 7.49. The Kier molecular flexibility index (Phi) is 1.44. The number of aliphatic hydroxyl groups excluding tert-OH is 1. The average Bonchev–Trinajstić information content (AvgIpc) is 1.85. The van der Waals surface area contributed by atoms with Crippen LogP contribution in [0.2, 0.25) is 0 Å². The predicted molar refractivity (Wildman–Crippen MR) is 33.9 cm³/mol. The van der Waals surface area contributed by atoms with Crippen LogP contribution in [0, 0.1) is 16.7 Å². The molecule has 0 radical (unpaired) electrons. The number of hydrogen-bond acceptors (Lipinski definition) is 2. The molecular formula is C7H10FNO. The average molecular weight is 143 g/mol. The first-order valence-corrected chi connectivity index (χ1v) is 3.25. The van der Waals surface area contributed by atoms with Crippen molar-refractivity contribution in [1.29, 1.82) is 5.26 Å². The van der Waals surface area contributed by atoms with Gasteiger partial charge in [-0.2, -0.15) is 5.26 Å². The summed E-state index contributed by atoms with van der Waals surface area (Å²) in [6, 6.07) is 2.02. The van der Waals surface area contributed by atoms with Crippen LogP contribution in [0.3, 0.4) is 0 Å². The van der Waals surface area contributed by atoms with Crippen molar-refractivity contribution in [2.24, 2.45) is 5.41 Å². The Morgan fingerprint density at radius 1 is 1.70 bits per heavy atom. The lowest BCUT2D eigenvalue weighted by Gasteiger charge is -2.44. The van der Waals surface area contributed by atoms with Gasteiger partial charge in [-0.05, 0) is 6.92 Å². The van der Waals surface area contributed by atoms with E-state index in [0.717, 1.165) is 0 Å². The van der Waals surface area contributed by atoms with Crippen molar-refractivity contribution < 1.29 is 9.50 Å². The summed E-state index contributed by atoms with van der Waals surface area (Å²) in [6.45, 7) is 1.25. The zero-order valence-electron chi connectivity index (χ0n) is 5.89. The van der Waals surface area contributed by atoms with Gasteiger partial charge in [-0.1, -0.05) is 0 Å². The van der Waals surface area contributed by atoms with E-state index >= 15 is 0 Å². The van der Waals surface area contributed by atoms with Crippen LogP contribution < -0.4 is 0 Å². The molecule has 0 atom stereocenters. The molecule has 0 heterocycles. The van der Waals surface area contributed by atoms with Gasteiger partial charge in [0, 0.05) is 12.8 Å². The highest BCUT2D eigenvalue weighted by atomic mass is 19.1. The van der Waals surface area contributed by atoms with Crippen LogP contribution in [-0.4, -0.2) is 17.4 Å². The lowest BCUT2D eigenvalue weighted by atomic mass is 9.62. The van der Waals surface area contributed by atoms with Crippen molar-refractivity contribution in [3.05, 3.63) is 0 Å². The van der Waals surface area contributed by atoms with Crippen LogP contribution in [0.4, 0.5) is 4.39 Å². The Bertz CT molecular complexity index is 179. The van der Waals surface area contributed by atoms with Gasteiger partial charge in [0.25, 0.3) is 0 Å². The van der Waals surface area contributed by atoms with E-state index in [9.17, 15) is 4.39 Å². The molecule has 0 unspecified atom stereocenters. The molecule has 0 bridgehead atoms. The van der Waals surface area contributed by atoms with E-state index < -0.39 is 17.7 Å². The first-order valence-electron chi connectivity index (χ1n) is 3.25. The maximum absolute atomic E-state index is 12.9. The second kappa shape index (κ2) is 1.93. The molecule has 1 aliphatic rings. The summed E-state index contributed by atoms with van der Waals surface area (Å²) in [5.41, 5.74) is -2.00. The van der Waals surface area contributed by atoms with E-state index in [2.05, 4.69) is 0 Å². The first-order chi connectivity index (χ1) is 4.54. The van der Waals surface area contributed by atoms with Crippen LogP contribution >= 0.6 is 0 Å². The Labute approximate surface area is 59.3 Å². The summed E-state index contributed by atoms with van der Waals surface area (Å²) in [6.07, 6.45) is 0.347. The fraction of sp³-hybridized carbons (Fsp3) is 0.857. The third-order valence-corrected chi connectivity index (χ3v) is 1.97. The maximum Gasteiger partial charge on any atom is 0.137 e. The molecule has 0 aromatic heterocycles. The van der Waals surface area contributed by atoms with Crippen LogP contribution in [0.5, 0.6) is 0 Å². The van der Waals surface area contributed by atoms with Crippen LogP contribution in [0.1, 0.15) is 19.8 Å². The minimum atomic E-state index is -1.47. The standard InChI is InChI=1S/C7H10FNO/c1-6(4-9)2-7(8,3-6)5-10/h10H,2-3,5H2,1H3. The van der Waals surface area contributed by atoms with Crippen LogP contribution in [0.15, 0.2) is 0 Å². The van der Waals surface area contributed by atoms with Gasteiger partial charge in [0.2, 0.25) is 0 Å². The lowest BCUT2D eigenvalue weighted by Crippen LogP contribution is -2.48. The summed E-state index contributed by atoms with van der Waals surface area (Å²) in [5.74, 6) is 0. The number of hydrogen-bond donors (Lipinski definition) is 1. The van der Waals surface area contributed by atoms with Crippen molar-refractivity contribution in [1.82, 2.24) is 0 Å². The fourth-order valence-electron chi connectivity index (χ4n) is 1.54. The summed E-state index contributed by atoms with van der Waals surface area (Å²) < 4.78 is 12.9. The highest BCUT2D eigenvalue weighted by molar-refractivity contribution is 5.12. The van der Waals surface area contributed by atoms with Gasteiger partial charge in [-0.15, -0.1) is 0 Å². The van der Waals surface area contributed by atoms with E-state index in [1.807, 2.05) is 6.07 Å². The van der Waals surface area contributed by atoms with E-state index in [0.29, 0.717) is 0 Å². The molecule has 10 heavy (non-hydrogen) atoms. The Morgan fingerprint density at radius 3 is 2.50 bits per heavy atom. The second-order valence-electron chi connectivity index (χ2n) is 3.34. The lowest BCUT2D eigenvalue weighted by molar-refractivity contribution is -0.0626. The number of nitriles is 1. The molecule has 1 N–H and O–H groups in total. The van der Waals surface area contributed by atoms with Crippen LogP contribution in [0.25, 0.3) is 0 Å². The molecule has 1 fully saturated rings. The van der Waals surface area contributed by atoms with Gasteiger partial charge in [-0.3, -0.25) is 0 Å². The van der Waals surface area contributed by atoms with E-state index in [1.54, 1.807) is 6.92 Å². The second-order valence-corrected chi connectivity index (χ2v) is 3.34. The third kappa shape index (κ3) is 0.994. The zero-order chi connectivity index (χ0) is 7.83. The number of alkyl halides is 1. The van der Waals surface area contributed by atoms with Crippen molar-refractivity contribution in [2.45, 2.75) is 25.4 Å². The maximum atomic E-state index is 12.9. The molecule has 2 nitrogen and oxygen atoms in total. The monoisotopic (exact) mass is 143 g/mol. The molecule has 0 saturated heterocycles. The molecule has 0 aliphatic heterocycles. The molecule has 56 valence electrons. The van der Waals surface area contributed by atoms with Crippen molar-refractivity contribution in [3.8, 4) is 6.07 Å². The molecule has 0 spiro atoms. The van der Waals surface area contributed by atoms with E-state index in [1.165, 1.54) is 0 Å². The van der Waals surface area contributed by atoms with Crippen molar-refractivity contribution in [3.63, 3.8) is 0 Å². The molecule has 0 aromatic rings. The zero-order valence-corrected chi connectivity index (χ0v) is 5.89. The highest BCUT2D eigenvalue weighted by Gasteiger charge is 2.52. The van der Waals surface area contributed by atoms with Crippen molar-refractivity contribution >= 4 is 0 Å². The molecule has 1 aliphatic carbocycles. The molecule has 0 aromatic carbocycles. The van der Waals surface area contributed by atoms with E-state index in [4.69, 9.17) is 10.4 Å². The Hall–Kier alpha value is -0.620. The minimum absolute atomic E-state index is 0.174. The summed E-state index contributed by atoms with van der Waals surface area (Å²) in [7, 11) is 0. The number of aliphatic hydroxyl groups is 1. The SMILES string of the molecule is CC1(C#N)CC(F)(CO)C1. The highest BCUT2D eigenvalue weighted by Crippen LogP contribution is 2.49. The fourth-order valence-corrected chi connectivity index (χ4v) is 1.54. The number of nitrogens with zero attached hydrogens (tertiary/aromatic N) is 1. The number of rotatable bonds is 1. The van der Waals surface area contributed by atoms with Gasteiger partial charge < -0.3 is 5.11 Å². The molecule has 1 rings (SSSR count). The quantitative estimate of drug-likeness (QED) is 0.595. The van der Waals surface area contributed by atoms with E-state index in [-0.39, 0.29) is 12.8 Å². The Balaban J connectivity index is 2.52. The molecular weight excluding hydrogens is 133 g/mol. The van der Waals surface area contributed by atoms with Crippen LogP contribution in [-0.2, 0) is 0 Å². The molecule has 3 heteroatoms. The normalized spacial score (nSPS) is 45.8. The van der Waals surface area contributed by atoms with Gasteiger partial charge >= 0.3 is 0 Å². The number of halogens is 1.